The van der Waals surface area contributed by atoms with Crippen molar-refractivity contribution in [1.82, 2.24) is 4.98 Å². The van der Waals surface area contributed by atoms with Gasteiger partial charge in [0, 0.05) is 36.6 Å². The van der Waals surface area contributed by atoms with Crippen LogP contribution in [0.15, 0.2) is 54.6 Å². The zero-order valence-corrected chi connectivity index (χ0v) is 19.9. The van der Waals surface area contributed by atoms with Gasteiger partial charge in [-0.25, -0.2) is 9.37 Å². The summed E-state index contributed by atoms with van der Waals surface area (Å²) >= 11 is 0. The third-order valence-electron chi connectivity index (χ3n) is 7.71. The van der Waals surface area contributed by atoms with E-state index in [-0.39, 0.29) is 12.4 Å². The van der Waals surface area contributed by atoms with Crippen molar-refractivity contribution in [2.75, 3.05) is 24.7 Å². The van der Waals surface area contributed by atoms with Crippen molar-refractivity contribution in [3.63, 3.8) is 0 Å². The van der Waals surface area contributed by atoms with E-state index in [9.17, 15) is 9.50 Å². The van der Waals surface area contributed by atoms with Crippen molar-refractivity contribution in [3.05, 3.63) is 82.8 Å². The van der Waals surface area contributed by atoms with Gasteiger partial charge in [0.05, 0.1) is 31.1 Å². The van der Waals surface area contributed by atoms with Crippen LogP contribution in [0.3, 0.4) is 0 Å². The lowest BCUT2D eigenvalue weighted by Crippen LogP contribution is -2.42. The van der Waals surface area contributed by atoms with Gasteiger partial charge in [-0.05, 0) is 36.1 Å². The van der Waals surface area contributed by atoms with Crippen LogP contribution >= 0.6 is 0 Å². The molecule has 1 aliphatic carbocycles. The van der Waals surface area contributed by atoms with Crippen molar-refractivity contribution < 1.29 is 19.0 Å². The summed E-state index contributed by atoms with van der Waals surface area (Å²) in [5.41, 5.74) is 5.61. The summed E-state index contributed by atoms with van der Waals surface area (Å²) in [6, 6.07) is 16.9. The Kier molecular flexibility index (Phi) is 6.04. The van der Waals surface area contributed by atoms with Crippen molar-refractivity contribution in [2.24, 2.45) is 0 Å². The molecule has 3 heterocycles. The van der Waals surface area contributed by atoms with E-state index >= 15 is 0 Å². The largest absolute Gasteiger partial charge is 0.392 e. The predicted molar refractivity (Wildman–Crippen MR) is 132 cm³/mol. The molecule has 0 amide bonds. The van der Waals surface area contributed by atoms with E-state index in [1.807, 2.05) is 6.07 Å². The summed E-state index contributed by atoms with van der Waals surface area (Å²) in [7, 11) is 0. The van der Waals surface area contributed by atoms with E-state index in [1.165, 1.54) is 30.5 Å². The average Bonchev–Trinajstić information content (AvgIpc) is 3.59. The average molecular weight is 475 g/mol. The number of ether oxygens (including phenoxy) is 2. The quantitative estimate of drug-likeness (QED) is 0.518. The summed E-state index contributed by atoms with van der Waals surface area (Å²) in [6.45, 7) is 2.37. The Morgan fingerprint density at radius 2 is 1.71 bits per heavy atom. The van der Waals surface area contributed by atoms with Gasteiger partial charge in [-0.2, -0.15) is 0 Å². The molecule has 3 aliphatic rings. The van der Waals surface area contributed by atoms with Crippen LogP contribution in [-0.4, -0.2) is 29.8 Å². The van der Waals surface area contributed by atoms with Crippen LogP contribution in [0, 0.1) is 5.82 Å². The van der Waals surface area contributed by atoms with Crippen LogP contribution in [0.2, 0.25) is 0 Å². The van der Waals surface area contributed by atoms with Crippen molar-refractivity contribution in [2.45, 2.75) is 57.0 Å². The molecule has 0 atom stereocenters. The minimum Gasteiger partial charge on any atom is -0.392 e. The number of hydrogen-bond acceptors (Lipinski definition) is 5. The number of hydrogen-bond donors (Lipinski definition) is 1. The third-order valence-corrected chi connectivity index (χ3v) is 7.71. The SMILES string of the molecule is OCc1c(C2CCCC2)nc2c(c1-c1ccc(F)cc1)C1(CCN2Cc2ccccc2)OCCO1. The van der Waals surface area contributed by atoms with Crippen LogP contribution in [0.4, 0.5) is 10.2 Å². The maximum absolute atomic E-state index is 13.9. The second-order valence-electron chi connectivity index (χ2n) is 9.80. The van der Waals surface area contributed by atoms with Gasteiger partial charge in [0.25, 0.3) is 0 Å². The Balaban J connectivity index is 1.61. The fourth-order valence-corrected chi connectivity index (χ4v) is 6.06. The normalized spacial score (nSPS) is 19.4. The van der Waals surface area contributed by atoms with Gasteiger partial charge in [0.2, 0.25) is 5.79 Å². The van der Waals surface area contributed by atoms with E-state index in [1.54, 1.807) is 12.1 Å². The highest BCUT2D eigenvalue weighted by atomic mass is 19.1. The summed E-state index contributed by atoms with van der Waals surface area (Å²) in [4.78, 5) is 7.61. The van der Waals surface area contributed by atoms with Gasteiger partial charge in [0.15, 0.2) is 0 Å². The molecule has 1 spiro atoms. The molecule has 2 fully saturated rings. The molecule has 5 nitrogen and oxygen atoms in total. The van der Waals surface area contributed by atoms with Gasteiger partial charge in [0.1, 0.15) is 11.6 Å². The number of anilines is 1. The lowest BCUT2D eigenvalue weighted by molar-refractivity contribution is -0.171. The Morgan fingerprint density at radius 3 is 2.40 bits per heavy atom. The standard InChI is InChI=1S/C29H31FN2O3/c30-23-12-10-21(11-13-23)25-24(19-33)27(22-8-4-5-9-22)31-28-26(25)29(34-16-17-35-29)14-15-32(28)18-20-6-2-1-3-7-20/h1-3,6-7,10-13,22,33H,4-5,8-9,14-19H2. The molecule has 0 bridgehead atoms. The monoisotopic (exact) mass is 474 g/mol. The van der Waals surface area contributed by atoms with Crippen molar-refractivity contribution in [3.8, 4) is 11.1 Å². The maximum atomic E-state index is 13.9. The summed E-state index contributed by atoms with van der Waals surface area (Å²) in [5.74, 6) is -0.0202. The maximum Gasteiger partial charge on any atom is 0.200 e. The van der Waals surface area contributed by atoms with Gasteiger partial charge >= 0.3 is 0 Å². The smallest absolute Gasteiger partial charge is 0.200 e. The van der Waals surface area contributed by atoms with Crippen LogP contribution in [0.1, 0.15) is 60.4 Å². The number of aliphatic hydroxyl groups is 1. The molecule has 0 unspecified atom stereocenters. The minimum absolute atomic E-state index is 0.131. The first-order valence-electron chi connectivity index (χ1n) is 12.7. The van der Waals surface area contributed by atoms with Gasteiger partial charge in [-0.15, -0.1) is 0 Å². The van der Waals surface area contributed by atoms with Crippen LogP contribution in [0.5, 0.6) is 0 Å². The highest BCUT2D eigenvalue weighted by Gasteiger charge is 2.48. The van der Waals surface area contributed by atoms with Crippen molar-refractivity contribution >= 4 is 5.82 Å². The lowest BCUT2D eigenvalue weighted by Gasteiger charge is -2.42. The van der Waals surface area contributed by atoms with Gasteiger partial charge in [-0.3, -0.25) is 0 Å². The molecule has 1 saturated carbocycles. The molecule has 6 rings (SSSR count). The summed E-state index contributed by atoms with van der Waals surface area (Å²) < 4.78 is 26.6. The molecule has 2 aliphatic heterocycles. The van der Waals surface area contributed by atoms with E-state index in [2.05, 4.69) is 29.2 Å². The summed E-state index contributed by atoms with van der Waals surface area (Å²) in [5, 5.41) is 10.7. The highest BCUT2D eigenvalue weighted by molar-refractivity contribution is 5.79. The molecule has 1 saturated heterocycles. The Morgan fingerprint density at radius 1 is 1.00 bits per heavy atom. The summed E-state index contributed by atoms with van der Waals surface area (Å²) in [6.07, 6.45) is 5.14. The zero-order valence-electron chi connectivity index (χ0n) is 19.9. The highest BCUT2D eigenvalue weighted by Crippen LogP contribution is 2.51. The van der Waals surface area contributed by atoms with E-state index < -0.39 is 5.79 Å². The fourth-order valence-electron chi connectivity index (χ4n) is 6.06. The van der Waals surface area contributed by atoms with Gasteiger partial charge in [-0.1, -0.05) is 55.3 Å². The van der Waals surface area contributed by atoms with E-state index in [4.69, 9.17) is 14.5 Å². The molecular formula is C29H31FN2O3. The topological polar surface area (TPSA) is 54.8 Å². The molecule has 1 N–H and O–H groups in total. The third kappa shape index (κ3) is 4.03. The molecule has 0 radical (unpaired) electrons. The van der Waals surface area contributed by atoms with Crippen LogP contribution < -0.4 is 4.90 Å². The number of benzene rings is 2. The van der Waals surface area contributed by atoms with Crippen LogP contribution in [0.25, 0.3) is 11.1 Å². The molecule has 6 heteroatoms. The first kappa shape index (κ1) is 22.7. The second kappa shape index (κ2) is 9.34. The molecule has 182 valence electrons. The first-order chi connectivity index (χ1) is 17.2. The Labute approximate surface area is 205 Å². The van der Waals surface area contributed by atoms with Crippen molar-refractivity contribution in [1.29, 1.82) is 0 Å². The predicted octanol–water partition coefficient (Wildman–Crippen LogP) is 5.65. The van der Waals surface area contributed by atoms with E-state index in [0.717, 1.165) is 59.7 Å². The first-order valence-corrected chi connectivity index (χ1v) is 12.7. The Hall–Kier alpha value is -2.80. The van der Waals surface area contributed by atoms with Crippen LogP contribution in [-0.2, 0) is 28.4 Å². The second-order valence-corrected chi connectivity index (χ2v) is 9.80. The molecule has 2 aromatic carbocycles. The lowest BCUT2D eigenvalue weighted by atomic mass is 9.83. The molecule has 1 aromatic heterocycles. The number of aliphatic hydroxyl groups excluding tert-OH is 1. The minimum atomic E-state index is -0.905. The number of rotatable bonds is 5. The van der Waals surface area contributed by atoms with Gasteiger partial charge < -0.3 is 19.5 Å². The fraction of sp³-hybridized carbons (Fsp3) is 0.414. The molecule has 35 heavy (non-hydrogen) atoms. The Bertz CT molecular complexity index is 1190. The number of pyridine rings is 1. The zero-order chi connectivity index (χ0) is 23.8. The number of fused-ring (bicyclic) bond motifs is 2. The molecular weight excluding hydrogens is 443 g/mol. The number of nitrogens with zero attached hydrogens (tertiary/aromatic N) is 2. The molecule has 3 aromatic rings. The number of halogens is 1. The van der Waals surface area contributed by atoms with E-state index in [0.29, 0.717) is 25.6 Å². The number of aromatic nitrogens is 1.